The molecule has 94 valence electrons. The largest absolute Gasteiger partial charge is 0.319 e. The van der Waals surface area contributed by atoms with E-state index in [1.165, 1.54) is 0 Å². The number of pyridine rings is 1. The fourth-order valence-electron chi connectivity index (χ4n) is 1.71. The maximum absolute atomic E-state index is 11.8. The van der Waals surface area contributed by atoms with Crippen molar-refractivity contribution in [1.29, 1.82) is 0 Å². The third kappa shape index (κ3) is 2.94. The smallest absolute Gasteiger partial charge is 0.246 e. The average molecular weight is 245 g/mol. The van der Waals surface area contributed by atoms with Gasteiger partial charge in [-0.15, -0.1) is 0 Å². The van der Waals surface area contributed by atoms with Gasteiger partial charge in [-0.25, -0.2) is 4.57 Å². The first-order valence-corrected chi connectivity index (χ1v) is 5.80. The molecule has 0 saturated carbocycles. The third-order valence-corrected chi connectivity index (χ3v) is 2.72. The van der Waals surface area contributed by atoms with Gasteiger partial charge in [-0.2, -0.15) is 5.10 Å². The number of nitrogens with one attached hydrogen (secondary N) is 1. The molecule has 1 N–H and O–H groups in total. The lowest BCUT2D eigenvalue weighted by Crippen LogP contribution is -2.28. The van der Waals surface area contributed by atoms with Gasteiger partial charge in [-0.1, -0.05) is 0 Å². The van der Waals surface area contributed by atoms with Crippen molar-refractivity contribution in [3.05, 3.63) is 42.0 Å². The van der Waals surface area contributed by atoms with Gasteiger partial charge in [0.25, 0.3) is 0 Å². The molecule has 0 atom stereocenters. The summed E-state index contributed by atoms with van der Waals surface area (Å²) in [6.45, 7) is 4.14. The van der Waals surface area contributed by atoms with Crippen molar-refractivity contribution < 1.29 is 9.36 Å². The molecule has 5 heteroatoms. The van der Waals surface area contributed by atoms with Crippen LogP contribution in [0.5, 0.6) is 0 Å². The van der Waals surface area contributed by atoms with Crippen LogP contribution in [0.4, 0.5) is 5.69 Å². The van der Waals surface area contributed by atoms with Crippen molar-refractivity contribution in [3.63, 3.8) is 0 Å². The van der Waals surface area contributed by atoms with Gasteiger partial charge in [0.15, 0.2) is 12.4 Å². The quantitative estimate of drug-likeness (QED) is 0.819. The van der Waals surface area contributed by atoms with Crippen LogP contribution >= 0.6 is 0 Å². The van der Waals surface area contributed by atoms with Crippen LogP contribution in [-0.4, -0.2) is 15.7 Å². The van der Waals surface area contributed by atoms with Crippen molar-refractivity contribution in [2.75, 3.05) is 5.32 Å². The molecular formula is C13H17N4O+. The molecule has 2 aromatic rings. The molecule has 0 aliphatic rings. The van der Waals surface area contributed by atoms with Crippen LogP contribution in [0.25, 0.3) is 0 Å². The summed E-state index contributed by atoms with van der Waals surface area (Å²) >= 11 is 0. The van der Waals surface area contributed by atoms with E-state index in [-0.39, 0.29) is 12.5 Å². The number of hydrogen-bond donors (Lipinski definition) is 1. The van der Waals surface area contributed by atoms with E-state index in [0.717, 1.165) is 16.9 Å². The van der Waals surface area contributed by atoms with Crippen LogP contribution < -0.4 is 9.88 Å². The standard InChI is InChI=1S/C13H16N4O/c1-10-7-17(15-11(10)2)9-13(18)14-12-5-4-6-16(3)8-12/h4-8H,9H2,1-3H3/p+1. The molecule has 2 rings (SSSR count). The Hall–Kier alpha value is -2.17. The van der Waals surface area contributed by atoms with Crippen molar-refractivity contribution in [2.24, 2.45) is 7.05 Å². The lowest BCUT2D eigenvalue weighted by Gasteiger charge is -2.03. The Morgan fingerprint density at radius 3 is 2.89 bits per heavy atom. The number of amides is 1. The normalized spacial score (nSPS) is 10.4. The van der Waals surface area contributed by atoms with Crippen LogP contribution in [0.1, 0.15) is 11.3 Å². The van der Waals surface area contributed by atoms with E-state index in [0.29, 0.717) is 0 Å². The molecule has 0 unspecified atom stereocenters. The summed E-state index contributed by atoms with van der Waals surface area (Å²) in [5.74, 6) is -0.0799. The highest BCUT2D eigenvalue weighted by Gasteiger charge is 2.07. The number of nitrogens with zero attached hydrogens (tertiary/aromatic N) is 3. The average Bonchev–Trinajstić information content (AvgIpc) is 2.57. The zero-order chi connectivity index (χ0) is 13.1. The molecule has 0 radical (unpaired) electrons. The molecule has 0 aromatic carbocycles. The number of carbonyl (C=O) groups is 1. The van der Waals surface area contributed by atoms with E-state index >= 15 is 0 Å². The minimum atomic E-state index is -0.0799. The summed E-state index contributed by atoms with van der Waals surface area (Å²) in [4.78, 5) is 11.8. The molecule has 2 heterocycles. The molecule has 0 bridgehead atoms. The number of hydrogen-bond acceptors (Lipinski definition) is 2. The van der Waals surface area contributed by atoms with Crippen LogP contribution in [-0.2, 0) is 18.4 Å². The van der Waals surface area contributed by atoms with E-state index in [4.69, 9.17) is 0 Å². The summed E-state index contributed by atoms with van der Waals surface area (Å²) in [5.41, 5.74) is 2.83. The topological polar surface area (TPSA) is 50.8 Å². The molecular weight excluding hydrogens is 228 g/mol. The monoisotopic (exact) mass is 245 g/mol. The molecule has 0 aliphatic carbocycles. The maximum atomic E-state index is 11.8. The molecule has 18 heavy (non-hydrogen) atoms. The minimum absolute atomic E-state index is 0.0799. The Labute approximate surface area is 106 Å². The zero-order valence-electron chi connectivity index (χ0n) is 10.8. The van der Waals surface area contributed by atoms with E-state index < -0.39 is 0 Å². The summed E-state index contributed by atoms with van der Waals surface area (Å²) in [6, 6.07) is 3.75. The molecule has 0 aliphatic heterocycles. The van der Waals surface area contributed by atoms with E-state index in [9.17, 15) is 4.79 Å². The highest BCUT2D eigenvalue weighted by atomic mass is 16.2. The van der Waals surface area contributed by atoms with Gasteiger partial charge >= 0.3 is 0 Å². The second-order valence-corrected chi connectivity index (χ2v) is 4.40. The van der Waals surface area contributed by atoms with Gasteiger partial charge in [-0.3, -0.25) is 9.48 Å². The van der Waals surface area contributed by atoms with Gasteiger partial charge < -0.3 is 5.32 Å². The molecule has 2 aromatic heterocycles. The number of rotatable bonds is 3. The SMILES string of the molecule is Cc1cn(CC(=O)Nc2ccc[n+](C)c2)nc1C. The zero-order valence-corrected chi connectivity index (χ0v) is 10.8. The lowest BCUT2D eigenvalue weighted by molar-refractivity contribution is -0.670. The Balaban J connectivity index is 2.01. The van der Waals surface area contributed by atoms with Gasteiger partial charge in [0.1, 0.15) is 19.3 Å². The first-order valence-electron chi connectivity index (χ1n) is 5.80. The molecule has 0 saturated heterocycles. The van der Waals surface area contributed by atoms with Crippen LogP contribution in [0.15, 0.2) is 30.7 Å². The molecule has 5 nitrogen and oxygen atoms in total. The first kappa shape index (κ1) is 12.3. The highest BCUT2D eigenvalue weighted by Crippen LogP contribution is 2.04. The van der Waals surface area contributed by atoms with Gasteiger partial charge in [0.2, 0.25) is 5.91 Å². The first-order chi connectivity index (χ1) is 8.54. The summed E-state index contributed by atoms with van der Waals surface area (Å²) in [6.07, 6.45) is 5.65. The minimum Gasteiger partial charge on any atom is -0.319 e. The van der Waals surface area contributed by atoms with Crippen molar-refractivity contribution in [1.82, 2.24) is 9.78 Å². The van der Waals surface area contributed by atoms with Crippen LogP contribution in [0, 0.1) is 13.8 Å². The van der Waals surface area contributed by atoms with Gasteiger partial charge in [0.05, 0.1) is 5.69 Å². The van der Waals surface area contributed by atoms with Crippen LogP contribution in [0.3, 0.4) is 0 Å². The Bertz CT molecular complexity index is 555. The number of aryl methyl sites for hydroxylation is 3. The Kier molecular flexibility index (Phi) is 3.41. The van der Waals surface area contributed by atoms with Crippen molar-refractivity contribution in [3.8, 4) is 0 Å². The Morgan fingerprint density at radius 1 is 1.50 bits per heavy atom. The second-order valence-electron chi connectivity index (χ2n) is 4.40. The van der Waals surface area contributed by atoms with E-state index in [2.05, 4.69) is 10.4 Å². The van der Waals surface area contributed by atoms with E-state index in [1.54, 1.807) is 4.68 Å². The maximum Gasteiger partial charge on any atom is 0.246 e. The Morgan fingerprint density at radius 2 is 2.28 bits per heavy atom. The summed E-state index contributed by atoms with van der Waals surface area (Å²) in [5, 5.41) is 7.10. The predicted octanol–water partition coefficient (Wildman–Crippen LogP) is 0.963. The number of anilines is 1. The summed E-state index contributed by atoms with van der Waals surface area (Å²) in [7, 11) is 1.91. The van der Waals surface area contributed by atoms with Crippen LogP contribution in [0.2, 0.25) is 0 Å². The number of carbonyl (C=O) groups excluding carboxylic acids is 1. The fourth-order valence-corrected chi connectivity index (χ4v) is 1.71. The van der Waals surface area contributed by atoms with E-state index in [1.807, 2.05) is 56.2 Å². The van der Waals surface area contributed by atoms with Crippen molar-refractivity contribution in [2.45, 2.75) is 20.4 Å². The molecule has 1 amide bonds. The van der Waals surface area contributed by atoms with Gasteiger partial charge in [-0.05, 0) is 25.5 Å². The van der Waals surface area contributed by atoms with Crippen molar-refractivity contribution >= 4 is 11.6 Å². The second kappa shape index (κ2) is 5.00. The van der Waals surface area contributed by atoms with Gasteiger partial charge in [0, 0.05) is 12.3 Å². The predicted molar refractivity (Wildman–Crippen MR) is 67.9 cm³/mol. The molecule has 0 spiro atoms. The summed E-state index contributed by atoms with van der Waals surface area (Å²) < 4.78 is 3.54. The third-order valence-electron chi connectivity index (χ3n) is 2.72. The highest BCUT2D eigenvalue weighted by molar-refractivity contribution is 5.90. The fraction of sp³-hybridized carbons (Fsp3) is 0.308. The molecule has 0 fully saturated rings. The number of aromatic nitrogens is 3. The lowest BCUT2D eigenvalue weighted by atomic mass is 10.3.